The van der Waals surface area contributed by atoms with Crippen LogP contribution in [0.2, 0.25) is 0 Å². The fourth-order valence-corrected chi connectivity index (χ4v) is 4.07. The average molecular weight is 556 g/mol. The van der Waals surface area contributed by atoms with E-state index >= 15 is 0 Å². The molecule has 0 fully saturated rings. The van der Waals surface area contributed by atoms with Gasteiger partial charge in [0, 0.05) is 12.6 Å². The fraction of sp³-hybridized carbons (Fsp3) is 0.167. The summed E-state index contributed by atoms with van der Waals surface area (Å²) >= 11 is 0. The maximum absolute atomic E-state index is 13.0. The molecule has 3 aromatic carbocycles. The summed E-state index contributed by atoms with van der Waals surface area (Å²) in [7, 11) is 3.11. The first-order valence-electron chi connectivity index (χ1n) is 12.6. The number of carbonyl (C=O) groups is 3. The van der Waals surface area contributed by atoms with E-state index in [9.17, 15) is 19.2 Å². The fourth-order valence-electron chi connectivity index (χ4n) is 4.07. The zero-order valence-corrected chi connectivity index (χ0v) is 23.2. The first-order chi connectivity index (χ1) is 19.6. The lowest BCUT2D eigenvalue weighted by atomic mass is 10.1. The number of anilines is 1. The molecule has 0 saturated heterocycles. The normalized spacial score (nSPS) is 11.1. The summed E-state index contributed by atoms with van der Waals surface area (Å²) in [6.07, 6.45) is 0. The molecule has 210 valence electrons. The Hall–Kier alpha value is -5.45. The Morgan fingerprint density at radius 1 is 0.878 bits per heavy atom. The summed E-state index contributed by atoms with van der Waals surface area (Å²) in [5.41, 5.74) is 4.89. The van der Waals surface area contributed by atoms with Crippen LogP contribution in [-0.2, 0) is 16.6 Å². The van der Waals surface area contributed by atoms with E-state index in [0.717, 1.165) is 5.56 Å². The molecule has 0 unspecified atom stereocenters. The van der Waals surface area contributed by atoms with E-state index in [1.807, 2.05) is 25.1 Å². The van der Waals surface area contributed by atoms with Crippen LogP contribution in [0.25, 0.3) is 5.69 Å². The van der Waals surface area contributed by atoms with E-state index in [4.69, 9.17) is 9.47 Å². The van der Waals surface area contributed by atoms with Crippen LogP contribution >= 0.6 is 0 Å². The SMILES string of the molecule is COc1cc(/C(C)=N/NC(=O)C(=O)Nc2c(C)n(C)n(-c3ccccc3)c2=O)ccc1OC(=O)c1ccccc1C. The Labute approximate surface area is 236 Å². The summed E-state index contributed by atoms with van der Waals surface area (Å²) in [5, 5.41) is 6.39. The topological polar surface area (TPSA) is 133 Å². The molecule has 41 heavy (non-hydrogen) atoms. The molecule has 1 heterocycles. The van der Waals surface area contributed by atoms with Gasteiger partial charge in [0.1, 0.15) is 5.69 Å². The molecule has 0 aliphatic rings. The quantitative estimate of drug-likeness (QED) is 0.118. The number of rotatable bonds is 7. The lowest BCUT2D eigenvalue weighted by Crippen LogP contribution is -2.34. The first kappa shape index (κ1) is 28.6. The average Bonchev–Trinajstić information content (AvgIpc) is 3.19. The first-order valence-corrected chi connectivity index (χ1v) is 12.6. The van der Waals surface area contributed by atoms with Crippen LogP contribution in [0.3, 0.4) is 0 Å². The summed E-state index contributed by atoms with van der Waals surface area (Å²) < 4.78 is 13.9. The highest BCUT2D eigenvalue weighted by molar-refractivity contribution is 6.39. The van der Waals surface area contributed by atoms with Gasteiger partial charge in [0.2, 0.25) is 0 Å². The molecule has 4 aromatic rings. The highest BCUT2D eigenvalue weighted by atomic mass is 16.6. The third kappa shape index (κ3) is 6.09. The van der Waals surface area contributed by atoms with Gasteiger partial charge in [-0.2, -0.15) is 5.10 Å². The number of aryl methyl sites for hydroxylation is 1. The lowest BCUT2D eigenvalue weighted by molar-refractivity contribution is -0.136. The van der Waals surface area contributed by atoms with E-state index in [1.165, 1.54) is 11.8 Å². The van der Waals surface area contributed by atoms with Gasteiger partial charge in [-0.05, 0) is 62.7 Å². The number of hydrogen-bond donors (Lipinski definition) is 2. The number of hydrazone groups is 1. The zero-order chi connectivity index (χ0) is 29.7. The van der Waals surface area contributed by atoms with Crippen molar-refractivity contribution in [1.82, 2.24) is 14.8 Å². The monoisotopic (exact) mass is 555 g/mol. The summed E-state index contributed by atoms with van der Waals surface area (Å²) in [4.78, 5) is 50.7. The van der Waals surface area contributed by atoms with Crippen LogP contribution in [0, 0.1) is 13.8 Å². The number of para-hydroxylation sites is 1. The van der Waals surface area contributed by atoms with Gasteiger partial charge in [-0.3, -0.25) is 19.1 Å². The Balaban J connectivity index is 1.45. The second kappa shape index (κ2) is 12.2. The Kier molecular flexibility index (Phi) is 8.47. The lowest BCUT2D eigenvalue weighted by Gasteiger charge is -2.12. The van der Waals surface area contributed by atoms with E-state index in [2.05, 4.69) is 15.8 Å². The minimum absolute atomic E-state index is 0.0160. The molecule has 2 amide bonds. The van der Waals surface area contributed by atoms with Crippen LogP contribution in [0.15, 0.2) is 82.7 Å². The van der Waals surface area contributed by atoms with Crippen molar-refractivity contribution < 1.29 is 23.9 Å². The number of nitrogens with zero attached hydrogens (tertiary/aromatic N) is 3. The molecule has 4 rings (SSSR count). The van der Waals surface area contributed by atoms with Crippen molar-refractivity contribution >= 4 is 29.2 Å². The number of carbonyl (C=O) groups excluding carboxylic acids is 3. The minimum Gasteiger partial charge on any atom is -0.493 e. The van der Waals surface area contributed by atoms with Crippen molar-refractivity contribution in [2.45, 2.75) is 20.8 Å². The Bertz CT molecular complexity index is 1720. The molecule has 11 nitrogen and oxygen atoms in total. The number of benzene rings is 3. The predicted octanol–water partition coefficient (Wildman–Crippen LogP) is 3.50. The maximum Gasteiger partial charge on any atom is 0.343 e. The van der Waals surface area contributed by atoms with Gasteiger partial charge in [0.15, 0.2) is 11.5 Å². The molecule has 0 atom stereocenters. The Morgan fingerprint density at radius 2 is 1.56 bits per heavy atom. The van der Waals surface area contributed by atoms with Crippen molar-refractivity contribution in [3.8, 4) is 17.2 Å². The third-order valence-corrected chi connectivity index (χ3v) is 6.47. The highest BCUT2D eigenvalue weighted by Gasteiger charge is 2.22. The smallest absolute Gasteiger partial charge is 0.343 e. The molecule has 2 N–H and O–H groups in total. The largest absolute Gasteiger partial charge is 0.493 e. The van der Waals surface area contributed by atoms with Gasteiger partial charge in [-0.25, -0.2) is 14.9 Å². The number of methoxy groups -OCH3 is 1. The zero-order valence-electron chi connectivity index (χ0n) is 23.2. The van der Waals surface area contributed by atoms with E-state index in [0.29, 0.717) is 28.2 Å². The van der Waals surface area contributed by atoms with Gasteiger partial charge in [-0.15, -0.1) is 0 Å². The van der Waals surface area contributed by atoms with Crippen molar-refractivity contribution in [3.63, 3.8) is 0 Å². The number of amides is 2. The molecule has 0 radical (unpaired) electrons. The molecule has 1 aromatic heterocycles. The molecule has 0 saturated carbocycles. The standard InChI is InChI=1S/C30H29N5O6/c1-18-11-9-10-14-23(18)30(39)41-24-16-15-21(17-25(24)40-5)19(2)32-33-28(37)27(36)31-26-20(3)34(4)35(29(26)38)22-12-7-6-8-13-22/h6-17H,1-5H3,(H,31,36)(H,33,37)/b32-19+. The molecule has 11 heteroatoms. The summed E-state index contributed by atoms with van der Waals surface area (Å²) in [6.45, 7) is 5.09. The number of aromatic nitrogens is 2. The third-order valence-electron chi connectivity index (χ3n) is 6.47. The predicted molar refractivity (Wildman–Crippen MR) is 154 cm³/mol. The molecule has 0 aliphatic heterocycles. The van der Waals surface area contributed by atoms with Gasteiger partial charge in [-0.1, -0.05) is 36.4 Å². The minimum atomic E-state index is -1.06. The molecular weight excluding hydrogens is 526 g/mol. The van der Waals surface area contributed by atoms with Crippen LogP contribution in [-0.4, -0.2) is 40.0 Å². The van der Waals surface area contributed by atoms with Gasteiger partial charge in [0.05, 0.1) is 29.8 Å². The second-order valence-electron chi connectivity index (χ2n) is 9.10. The molecule has 0 spiro atoms. The van der Waals surface area contributed by atoms with Crippen molar-refractivity contribution in [2.75, 3.05) is 12.4 Å². The number of ether oxygens (including phenoxy) is 2. The summed E-state index contributed by atoms with van der Waals surface area (Å²) in [6, 6.07) is 20.8. The van der Waals surface area contributed by atoms with Crippen molar-refractivity contribution in [1.29, 1.82) is 0 Å². The highest BCUT2D eigenvalue weighted by Crippen LogP contribution is 2.29. The second-order valence-corrected chi connectivity index (χ2v) is 9.10. The van der Waals surface area contributed by atoms with E-state index in [-0.39, 0.29) is 17.2 Å². The summed E-state index contributed by atoms with van der Waals surface area (Å²) in [5.74, 6) is -2.16. The van der Waals surface area contributed by atoms with E-state index in [1.54, 1.807) is 80.2 Å². The van der Waals surface area contributed by atoms with E-state index < -0.39 is 23.3 Å². The van der Waals surface area contributed by atoms with Crippen LogP contribution < -0.4 is 25.8 Å². The van der Waals surface area contributed by atoms with Gasteiger partial charge >= 0.3 is 17.8 Å². The number of esters is 1. The van der Waals surface area contributed by atoms with Crippen LogP contribution in [0.1, 0.15) is 34.1 Å². The van der Waals surface area contributed by atoms with Crippen LogP contribution in [0.5, 0.6) is 11.5 Å². The molecule has 0 bridgehead atoms. The number of nitrogens with one attached hydrogen (secondary N) is 2. The van der Waals surface area contributed by atoms with Crippen molar-refractivity contribution in [2.24, 2.45) is 12.1 Å². The van der Waals surface area contributed by atoms with Crippen LogP contribution in [0.4, 0.5) is 5.69 Å². The van der Waals surface area contributed by atoms with Crippen molar-refractivity contribution in [3.05, 3.63) is 106 Å². The molecule has 0 aliphatic carbocycles. The number of hydrogen-bond acceptors (Lipinski definition) is 7. The molecular formula is C30H29N5O6. The van der Waals surface area contributed by atoms with Gasteiger partial charge in [0.25, 0.3) is 5.56 Å². The maximum atomic E-state index is 13.0. The Morgan fingerprint density at radius 3 is 2.24 bits per heavy atom. The van der Waals surface area contributed by atoms with Gasteiger partial charge < -0.3 is 14.8 Å².